The number of carboxylic acids is 1. The number of benzene rings is 2. The normalized spacial score (nSPS) is 10.2. The van der Waals surface area contributed by atoms with Crippen LogP contribution in [0.15, 0.2) is 36.4 Å². The van der Waals surface area contributed by atoms with Crippen LogP contribution in [0.4, 0.5) is 0 Å². The molecular formula is C16H16O4. The molecule has 20 heavy (non-hydrogen) atoms. The van der Waals surface area contributed by atoms with Gasteiger partial charge in [0.05, 0.1) is 25.3 Å². The van der Waals surface area contributed by atoms with Crippen LogP contribution in [0.5, 0.6) is 11.5 Å². The molecule has 0 spiro atoms. The van der Waals surface area contributed by atoms with Crippen molar-refractivity contribution >= 4 is 5.97 Å². The van der Waals surface area contributed by atoms with E-state index in [9.17, 15) is 9.90 Å². The molecule has 0 saturated heterocycles. The average molecular weight is 272 g/mol. The molecule has 4 nitrogen and oxygen atoms in total. The van der Waals surface area contributed by atoms with Gasteiger partial charge in [0, 0.05) is 0 Å². The van der Waals surface area contributed by atoms with E-state index in [1.165, 1.54) is 0 Å². The molecule has 0 aliphatic carbocycles. The number of hydrogen-bond acceptors (Lipinski definition) is 3. The highest BCUT2D eigenvalue weighted by molar-refractivity contribution is 5.93. The maximum atomic E-state index is 11.3. The fourth-order valence-corrected chi connectivity index (χ4v) is 2.25. The third-order valence-corrected chi connectivity index (χ3v) is 3.26. The van der Waals surface area contributed by atoms with Crippen molar-refractivity contribution in [3.63, 3.8) is 0 Å². The van der Waals surface area contributed by atoms with Crippen molar-refractivity contribution in [1.82, 2.24) is 0 Å². The molecule has 0 aromatic heterocycles. The summed E-state index contributed by atoms with van der Waals surface area (Å²) >= 11 is 0. The molecule has 0 bridgehead atoms. The Hall–Kier alpha value is -2.49. The van der Waals surface area contributed by atoms with Crippen LogP contribution < -0.4 is 9.47 Å². The third kappa shape index (κ3) is 2.32. The second-order valence-corrected chi connectivity index (χ2v) is 4.32. The minimum absolute atomic E-state index is 0.274. The van der Waals surface area contributed by atoms with E-state index >= 15 is 0 Å². The molecule has 2 rings (SSSR count). The van der Waals surface area contributed by atoms with Crippen molar-refractivity contribution in [1.29, 1.82) is 0 Å². The number of methoxy groups -OCH3 is 2. The van der Waals surface area contributed by atoms with Crippen molar-refractivity contribution in [3.8, 4) is 22.6 Å². The van der Waals surface area contributed by atoms with E-state index in [2.05, 4.69) is 0 Å². The van der Waals surface area contributed by atoms with Crippen molar-refractivity contribution in [2.45, 2.75) is 6.92 Å². The van der Waals surface area contributed by atoms with Crippen LogP contribution in [0, 0.1) is 6.92 Å². The second-order valence-electron chi connectivity index (χ2n) is 4.32. The monoisotopic (exact) mass is 272 g/mol. The van der Waals surface area contributed by atoms with Gasteiger partial charge in [0.2, 0.25) is 0 Å². The maximum Gasteiger partial charge on any atom is 0.335 e. The summed E-state index contributed by atoms with van der Waals surface area (Å²) in [5.74, 6) is 0.350. The van der Waals surface area contributed by atoms with Gasteiger partial charge in [0.25, 0.3) is 0 Å². The van der Waals surface area contributed by atoms with E-state index < -0.39 is 5.97 Å². The highest BCUT2D eigenvalue weighted by Gasteiger charge is 2.17. The number of carbonyl (C=O) groups is 1. The Labute approximate surface area is 117 Å². The maximum absolute atomic E-state index is 11.3. The van der Waals surface area contributed by atoms with Crippen molar-refractivity contribution in [2.75, 3.05) is 14.2 Å². The quantitative estimate of drug-likeness (QED) is 0.927. The summed E-state index contributed by atoms with van der Waals surface area (Å²) < 4.78 is 10.7. The van der Waals surface area contributed by atoms with Gasteiger partial charge in [-0.1, -0.05) is 18.2 Å². The molecule has 0 heterocycles. The summed E-state index contributed by atoms with van der Waals surface area (Å²) in [4.78, 5) is 11.3. The summed E-state index contributed by atoms with van der Waals surface area (Å²) in [6, 6.07) is 10.6. The van der Waals surface area contributed by atoms with E-state index in [0.717, 1.165) is 11.1 Å². The lowest BCUT2D eigenvalue weighted by atomic mass is 9.95. The fourth-order valence-electron chi connectivity index (χ4n) is 2.25. The van der Waals surface area contributed by atoms with E-state index in [0.29, 0.717) is 17.1 Å². The van der Waals surface area contributed by atoms with Crippen LogP contribution in [0.2, 0.25) is 0 Å². The Morgan fingerprint density at radius 3 is 2.05 bits per heavy atom. The zero-order valence-corrected chi connectivity index (χ0v) is 11.6. The zero-order valence-electron chi connectivity index (χ0n) is 11.6. The number of rotatable bonds is 4. The number of ether oxygens (including phenoxy) is 2. The first-order valence-electron chi connectivity index (χ1n) is 6.14. The van der Waals surface area contributed by atoms with Crippen LogP contribution in [0.1, 0.15) is 15.9 Å². The third-order valence-electron chi connectivity index (χ3n) is 3.26. The molecule has 0 aliphatic heterocycles. The average Bonchev–Trinajstić information content (AvgIpc) is 2.46. The summed E-state index contributed by atoms with van der Waals surface area (Å²) in [7, 11) is 3.16. The van der Waals surface area contributed by atoms with Crippen molar-refractivity contribution in [3.05, 3.63) is 47.5 Å². The van der Waals surface area contributed by atoms with Gasteiger partial charge in [-0.05, 0) is 36.2 Å². The number of aromatic carboxylic acids is 1. The molecule has 0 aliphatic rings. The molecule has 104 valence electrons. The molecule has 0 fully saturated rings. The fraction of sp³-hybridized carbons (Fsp3) is 0.188. The molecule has 0 unspecified atom stereocenters. The van der Waals surface area contributed by atoms with Gasteiger partial charge < -0.3 is 14.6 Å². The largest absolute Gasteiger partial charge is 0.496 e. The zero-order chi connectivity index (χ0) is 14.7. The predicted octanol–water partition coefficient (Wildman–Crippen LogP) is 3.38. The van der Waals surface area contributed by atoms with Crippen LogP contribution in [-0.2, 0) is 0 Å². The van der Waals surface area contributed by atoms with Crippen molar-refractivity contribution < 1.29 is 19.4 Å². The lowest BCUT2D eigenvalue weighted by molar-refractivity contribution is 0.0696. The number of carboxylic acid groups (broad SMARTS) is 1. The van der Waals surface area contributed by atoms with Gasteiger partial charge in [-0.15, -0.1) is 0 Å². The minimum Gasteiger partial charge on any atom is -0.496 e. The minimum atomic E-state index is -0.946. The first-order chi connectivity index (χ1) is 9.60. The Bertz CT molecular complexity index is 625. The standard InChI is InChI=1S/C16H16O4/c1-10-11(6-4-7-12(10)16(17)18)15-13(19-2)8-5-9-14(15)20-3/h4-9H,1-3H3,(H,17,18). The molecule has 0 radical (unpaired) electrons. The predicted molar refractivity (Wildman–Crippen MR) is 76.7 cm³/mol. The van der Waals surface area contributed by atoms with Crippen LogP contribution >= 0.6 is 0 Å². The van der Waals surface area contributed by atoms with Gasteiger partial charge >= 0.3 is 5.97 Å². The van der Waals surface area contributed by atoms with Gasteiger partial charge in [0.15, 0.2) is 0 Å². The molecule has 4 heteroatoms. The van der Waals surface area contributed by atoms with E-state index in [1.807, 2.05) is 24.3 Å². The lowest BCUT2D eigenvalue weighted by Gasteiger charge is -2.16. The van der Waals surface area contributed by atoms with E-state index in [1.54, 1.807) is 33.3 Å². The number of hydrogen-bond donors (Lipinski definition) is 1. The molecule has 2 aromatic rings. The SMILES string of the molecule is COc1cccc(OC)c1-c1cccc(C(=O)O)c1C. The molecule has 1 N–H and O–H groups in total. The Kier molecular flexibility index (Phi) is 3.94. The first kappa shape index (κ1) is 13.9. The Morgan fingerprint density at radius 2 is 1.55 bits per heavy atom. The van der Waals surface area contributed by atoms with Crippen LogP contribution in [0.3, 0.4) is 0 Å². The molecule has 0 amide bonds. The second kappa shape index (κ2) is 5.65. The highest BCUT2D eigenvalue weighted by atomic mass is 16.5. The highest BCUT2D eigenvalue weighted by Crippen LogP contribution is 2.40. The summed E-state index contributed by atoms with van der Waals surface area (Å²) in [5.41, 5.74) is 2.51. The van der Waals surface area contributed by atoms with Crippen molar-refractivity contribution in [2.24, 2.45) is 0 Å². The summed E-state index contributed by atoms with van der Waals surface area (Å²) in [6.45, 7) is 1.78. The summed E-state index contributed by atoms with van der Waals surface area (Å²) in [6.07, 6.45) is 0. The molecule has 2 aromatic carbocycles. The van der Waals surface area contributed by atoms with Gasteiger partial charge in [-0.2, -0.15) is 0 Å². The lowest BCUT2D eigenvalue weighted by Crippen LogP contribution is -2.02. The Balaban J connectivity index is 2.74. The van der Waals surface area contributed by atoms with Crippen LogP contribution in [-0.4, -0.2) is 25.3 Å². The van der Waals surface area contributed by atoms with E-state index in [4.69, 9.17) is 9.47 Å². The molecular weight excluding hydrogens is 256 g/mol. The molecule has 0 atom stereocenters. The summed E-state index contributed by atoms with van der Waals surface area (Å²) in [5, 5.41) is 9.23. The van der Waals surface area contributed by atoms with Crippen LogP contribution in [0.25, 0.3) is 11.1 Å². The van der Waals surface area contributed by atoms with Gasteiger partial charge in [0.1, 0.15) is 11.5 Å². The first-order valence-corrected chi connectivity index (χ1v) is 6.14. The topological polar surface area (TPSA) is 55.8 Å². The molecule has 0 saturated carbocycles. The van der Waals surface area contributed by atoms with Gasteiger partial charge in [-0.25, -0.2) is 4.79 Å². The Morgan fingerprint density at radius 1 is 1.00 bits per heavy atom. The van der Waals surface area contributed by atoms with E-state index in [-0.39, 0.29) is 5.56 Å². The smallest absolute Gasteiger partial charge is 0.335 e. The van der Waals surface area contributed by atoms with Gasteiger partial charge in [-0.3, -0.25) is 0 Å².